The van der Waals surface area contributed by atoms with Crippen molar-refractivity contribution in [2.24, 2.45) is 5.92 Å². The minimum absolute atomic E-state index is 0.333. The number of rotatable bonds is 13. The zero-order valence-corrected chi connectivity index (χ0v) is 34.0. The molecule has 0 spiro atoms. The Labute approximate surface area is 311 Å². The monoisotopic (exact) mass is 718 g/mol. The summed E-state index contributed by atoms with van der Waals surface area (Å²) in [6.45, 7) is 24.1. The zero-order valence-electron chi connectivity index (χ0n) is 33.1. The molecule has 1 fully saturated rings. The van der Waals surface area contributed by atoms with E-state index >= 15 is 4.39 Å². The average molecular weight is 719 g/mol. The lowest BCUT2D eigenvalue weighted by atomic mass is 9.81. The van der Waals surface area contributed by atoms with Crippen LogP contribution in [0.1, 0.15) is 146 Å². The highest BCUT2D eigenvalue weighted by molar-refractivity contribution is 7.17. The van der Waals surface area contributed by atoms with Gasteiger partial charge in [-0.05, 0) is 99.8 Å². The van der Waals surface area contributed by atoms with Crippen LogP contribution in [0.5, 0.6) is 0 Å². The molecule has 3 aromatic rings. The van der Waals surface area contributed by atoms with Gasteiger partial charge in [0, 0.05) is 30.2 Å². The maximum Gasteiger partial charge on any atom is 0.225 e. The Balaban J connectivity index is 0.000000507. The van der Waals surface area contributed by atoms with E-state index in [2.05, 4.69) is 64.5 Å². The number of fused-ring (bicyclic) bond motifs is 3. The molecule has 0 amide bonds. The molecule has 2 aliphatic heterocycles. The Kier molecular flexibility index (Phi) is 17.0. The van der Waals surface area contributed by atoms with E-state index in [0.29, 0.717) is 40.1 Å². The predicted molar refractivity (Wildman–Crippen MR) is 217 cm³/mol. The molecule has 1 aromatic carbocycles. The smallest absolute Gasteiger partial charge is 0.225 e. The van der Waals surface area contributed by atoms with E-state index in [1.54, 1.807) is 6.92 Å². The third-order valence-corrected chi connectivity index (χ3v) is 10.8. The van der Waals surface area contributed by atoms with Crippen LogP contribution in [-0.4, -0.2) is 48.1 Å². The number of hydrogen-bond acceptors (Lipinski definition) is 8. The Morgan fingerprint density at radius 2 is 1.84 bits per heavy atom. The van der Waals surface area contributed by atoms with E-state index in [1.807, 2.05) is 20.0 Å². The summed E-state index contributed by atoms with van der Waals surface area (Å²) in [6.07, 6.45) is 12.3. The third kappa shape index (κ3) is 9.77. The molecule has 0 saturated carbocycles. The van der Waals surface area contributed by atoms with Gasteiger partial charge in [-0.2, -0.15) is 5.26 Å². The van der Waals surface area contributed by atoms with Gasteiger partial charge in [0.2, 0.25) is 5.95 Å². The van der Waals surface area contributed by atoms with Crippen molar-refractivity contribution in [3.05, 3.63) is 56.1 Å². The van der Waals surface area contributed by atoms with Crippen LogP contribution in [0.3, 0.4) is 0 Å². The normalized spacial score (nSPS) is 16.0. The molecule has 280 valence electrons. The first-order chi connectivity index (χ1) is 24.6. The highest BCUT2D eigenvalue weighted by Crippen LogP contribution is 2.48. The molecule has 0 bridgehead atoms. The number of ether oxygens (including phenoxy) is 1. The lowest BCUT2D eigenvalue weighted by Crippen LogP contribution is -2.22. The Morgan fingerprint density at radius 1 is 1.12 bits per heavy atom. The molecule has 7 nitrogen and oxygen atoms in total. The molecule has 0 radical (unpaired) electrons. The number of nitrogen functional groups attached to an aromatic ring is 1. The summed E-state index contributed by atoms with van der Waals surface area (Å²) < 4.78 is 21.4. The van der Waals surface area contributed by atoms with Gasteiger partial charge in [-0.25, -0.2) is 14.4 Å². The fourth-order valence-corrected chi connectivity index (χ4v) is 8.02. The van der Waals surface area contributed by atoms with Gasteiger partial charge in [-0.15, -0.1) is 11.3 Å². The van der Waals surface area contributed by atoms with E-state index in [9.17, 15) is 5.26 Å². The minimum atomic E-state index is -0.372. The Hall–Kier alpha value is -3.32. The number of unbranched alkanes of at least 4 members (excludes halogenated alkanes) is 2. The van der Waals surface area contributed by atoms with Gasteiger partial charge in [-0.1, -0.05) is 79.4 Å². The molecule has 51 heavy (non-hydrogen) atoms. The van der Waals surface area contributed by atoms with Crippen molar-refractivity contribution >= 4 is 44.6 Å². The first kappa shape index (κ1) is 42.1. The molecule has 5 rings (SSSR count). The minimum Gasteiger partial charge on any atom is -0.389 e. The van der Waals surface area contributed by atoms with Crippen molar-refractivity contribution in [1.82, 2.24) is 14.9 Å². The molecule has 9 heteroatoms. The maximum atomic E-state index is 15.4. The lowest BCUT2D eigenvalue weighted by Gasteiger charge is -2.23. The van der Waals surface area contributed by atoms with E-state index in [4.69, 9.17) is 20.4 Å². The van der Waals surface area contributed by atoms with Crippen molar-refractivity contribution in [2.45, 2.75) is 127 Å². The molecule has 1 saturated heterocycles. The zero-order chi connectivity index (χ0) is 37.7. The number of aromatic nitrogens is 2. The fourth-order valence-electron chi connectivity index (χ4n) is 7.03. The molecule has 2 aromatic heterocycles. The van der Waals surface area contributed by atoms with Crippen LogP contribution in [0.2, 0.25) is 0 Å². The quantitative estimate of drug-likeness (QED) is 0.176. The van der Waals surface area contributed by atoms with E-state index in [-0.39, 0.29) is 5.83 Å². The number of halogens is 1. The summed E-state index contributed by atoms with van der Waals surface area (Å²) >= 11 is 1.14. The lowest BCUT2D eigenvalue weighted by molar-refractivity contribution is 0.135. The van der Waals surface area contributed by atoms with Gasteiger partial charge < -0.3 is 20.3 Å². The Bertz CT molecular complexity index is 1700. The van der Waals surface area contributed by atoms with Crippen molar-refractivity contribution in [3.8, 4) is 6.07 Å². The van der Waals surface area contributed by atoms with E-state index < -0.39 is 0 Å². The predicted octanol–water partition coefficient (Wildman–Crippen LogP) is 11.1. The van der Waals surface area contributed by atoms with Gasteiger partial charge >= 0.3 is 0 Å². The second kappa shape index (κ2) is 20.7. The van der Waals surface area contributed by atoms with Crippen molar-refractivity contribution < 1.29 is 9.13 Å². The first-order valence-corrected chi connectivity index (χ1v) is 20.2. The fraction of sp³-hybridized carbons (Fsp3) is 0.595. The molecule has 4 heterocycles. The largest absolute Gasteiger partial charge is 0.389 e. The molecular formula is C42H63FN6OS. The topological polar surface area (TPSA) is 91.3 Å². The molecule has 1 atom stereocenters. The van der Waals surface area contributed by atoms with Crippen LogP contribution in [0.25, 0.3) is 22.3 Å². The number of aryl methyl sites for hydroxylation is 1. The Morgan fingerprint density at radius 3 is 2.43 bits per heavy atom. The van der Waals surface area contributed by atoms with Crippen LogP contribution in [-0.2, 0) is 24.4 Å². The van der Waals surface area contributed by atoms with Crippen molar-refractivity contribution in [2.75, 3.05) is 43.9 Å². The number of hydrogen-bond donors (Lipinski definition) is 1. The number of nitriles is 1. The number of nitrogens with two attached hydrogens (primary N) is 1. The molecule has 1 unspecified atom stereocenters. The number of anilines is 2. The summed E-state index contributed by atoms with van der Waals surface area (Å²) in [5, 5.41) is 11.5. The van der Waals surface area contributed by atoms with Crippen molar-refractivity contribution in [3.63, 3.8) is 0 Å². The number of thiophene rings is 1. The number of allylic oxidation sites excluding steroid dienone is 2. The summed E-state index contributed by atoms with van der Waals surface area (Å²) in [6, 6.07) is 2.29. The SMILES string of the molecule is C/C=C(/F)c1sc(N)c(C#N)c1/C(=C(\C)CC)c1c2c(c3cnc(N4CCC(C)C4)nc3c1CCC)COC2.CC.CCCCCN(C)CCC. The third-order valence-electron chi connectivity index (χ3n) is 9.78. The van der Waals surface area contributed by atoms with Gasteiger partial charge in [0.15, 0.2) is 0 Å². The van der Waals surface area contributed by atoms with Gasteiger partial charge in [0.1, 0.15) is 16.9 Å². The van der Waals surface area contributed by atoms with Gasteiger partial charge in [0.05, 0.1) is 29.2 Å². The van der Waals surface area contributed by atoms with E-state index in [1.165, 1.54) is 44.8 Å². The van der Waals surface area contributed by atoms with Gasteiger partial charge in [0.25, 0.3) is 0 Å². The molecular weight excluding hydrogens is 656 g/mol. The van der Waals surface area contributed by atoms with Crippen LogP contribution in [0.15, 0.2) is 17.8 Å². The highest BCUT2D eigenvalue weighted by atomic mass is 32.1. The number of benzene rings is 1. The maximum absolute atomic E-state index is 15.4. The van der Waals surface area contributed by atoms with Crippen LogP contribution in [0.4, 0.5) is 15.3 Å². The van der Waals surface area contributed by atoms with E-state index in [0.717, 1.165) is 100 Å². The summed E-state index contributed by atoms with van der Waals surface area (Å²) in [7, 11) is 2.21. The summed E-state index contributed by atoms with van der Waals surface area (Å²) in [4.78, 5) is 15.1. The average Bonchev–Trinajstić information content (AvgIpc) is 3.89. The summed E-state index contributed by atoms with van der Waals surface area (Å²) in [5.41, 5.74) is 14.4. The van der Waals surface area contributed by atoms with Crippen LogP contribution in [0, 0.1) is 17.2 Å². The second-order valence-corrected chi connectivity index (χ2v) is 14.7. The molecule has 2 aliphatic rings. The highest BCUT2D eigenvalue weighted by Gasteiger charge is 2.32. The standard InChI is InChI=1S/C31H36FN5OS.C9H21N.C2H6/c1-6-9-19-26(25(18(5)7-2)27-20(12-33)30(34)39-29(27)24(32)8-3)23-16-38-15-22(23)21-13-35-31(36-28(19)21)37-11-10-17(4)14-37;1-4-6-7-9-10(3)8-5-2;1-2/h8,13,17H,6-7,9-11,14-16,34H2,1-5H3;4-9H2,1-3H3;1-2H3/b24-8+,25-18+;;. The summed E-state index contributed by atoms with van der Waals surface area (Å²) in [5.74, 6) is 0.992. The van der Waals surface area contributed by atoms with Crippen molar-refractivity contribution in [1.29, 1.82) is 5.26 Å². The van der Waals surface area contributed by atoms with Crippen LogP contribution < -0.4 is 10.6 Å². The van der Waals surface area contributed by atoms with Gasteiger partial charge in [-0.3, -0.25) is 0 Å². The molecule has 0 aliphatic carbocycles. The number of nitrogens with zero attached hydrogens (tertiary/aromatic N) is 5. The second-order valence-electron chi connectivity index (χ2n) is 13.6. The molecule has 2 N–H and O–H groups in total. The first-order valence-electron chi connectivity index (χ1n) is 19.3. The van der Waals surface area contributed by atoms with Crippen LogP contribution >= 0.6 is 11.3 Å².